The van der Waals surface area contributed by atoms with E-state index in [9.17, 15) is 9.59 Å². The number of carbonyl (C=O) groups excluding carboxylic acids is 1. The molecule has 0 radical (unpaired) electrons. The van der Waals surface area contributed by atoms with Gasteiger partial charge in [-0.15, -0.1) is 0 Å². The van der Waals surface area contributed by atoms with Crippen molar-refractivity contribution in [3.63, 3.8) is 0 Å². The fourth-order valence-corrected chi connectivity index (χ4v) is 2.65. The molecule has 0 aliphatic carbocycles. The Labute approximate surface area is 157 Å². The minimum Gasteiger partial charge on any atom is -0.497 e. The second-order valence-electron chi connectivity index (χ2n) is 5.99. The van der Waals surface area contributed by atoms with E-state index in [0.717, 1.165) is 22.4 Å². The lowest BCUT2D eigenvalue weighted by atomic mass is 10.0. The monoisotopic (exact) mass is 361 g/mol. The number of amides is 1. The van der Waals surface area contributed by atoms with Crippen LogP contribution in [-0.4, -0.2) is 24.1 Å². The van der Waals surface area contributed by atoms with Crippen LogP contribution in [0.25, 0.3) is 11.1 Å². The van der Waals surface area contributed by atoms with Gasteiger partial charge >= 0.3 is 5.97 Å². The average Bonchev–Trinajstić information content (AvgIpc) is 2.72. The Hall–Kier alpha value is -3.60. The topological polar surface area (TPSA) is 75.6 Å². The summed E-state index contributed by atoms with van der Waals surface area (Å²) in [7, 11) is 1.63. The standard InChI is InChI=1S/C22H19NO4/c1-27-20-12-10-17(11-13-20)16-6-8-18(9-7-16)21(24)23-14-15-2-4-19(5-3-15)22(25)26/h2-13H,14H2,1H3,(H,23,24)(H,25,26). The maximum Gasteiger partial charge on any atom is 0.335 e. The van der Waals surface area contributed by atoms with Gasteiger partial charge in [-0.05, 0) is 53.1 Å². The number of carbonyl (C=O) groups is 2. The van der Waals surface area contributed by atoms with Crippen molar-refractivity contribution < 1.29 is 19.4 Å². The van der Waals surface area contributed by atoms with Gasteiger partial charge < -0.3 is 15.2 Å². The summed E-state index contributed by atoms with van der Waals surface area (Å²) < 4.78 is 5.16. The largest absolute Gasteiger partial charge is 0.497 e. The first-order valence-electron chi connectivity index (χ1n) is 8.42. The van der Waals surface area contributed by atoms with Crippen LogP contribution >= 0.6 is 0 Å². The van der Waals surface area contributed by atoms with Crippen molar-refractivity contribution in [2.24, 2.45) is 0 Å². The third-order valence-corrected chi connectivity index (χ3v) is 4.22. The third-order valence-electron chi connectivity index (χ3n) is 4.22. The van der Waals surface area contributed by atoms with Gasteiger partial charge in [0, 0.05) is 12.1 Å². The molecule has 3 aromatic carbocycles. The first kappa shape index (κ1) is 18.2. The Bertz CT molecular complexity index is 930. The van der Waals surface area contributed by atoms with E-state index in [-0.39, 0.29) is 11.5 Å². The highest BCUT2D eigenvalue weighted by Gasteiger charge is 2.07. The summed E-state index contributed by atoms with van der Waals surface area (Å²) in [5, 5.41) is 11.7. The van der Waals surface area contributed by atoms with E-state index in [4.69, 9.17) is 9.84 Å². The number of methoxy groups -OCH3 is 1. The van der Waals surface area contributed by atoms with Crippen LogP contribution < -0.4 is 10.1 Å². The van der Waals surface area contributed by atoms with Crippen LogP contribution in [0.4, 0.5) is 0 Å². The molecule has 0 unspecified atom stereocenters. The number of rotatable bonds is 6. The molecule has 136 valence electrons. The van der Waals surface area contributed by atoms with E-state index in [1.807, 2.05) is 36.4 Å². The second kappa shape index (κ2) is 8.19. The predicted molar refractivity (Wildman–Crippen MR) is 103 cm³/mol. The molecule has 0 aliphatic rings. The lowest BCUT2D eigenvalue weighted by Crippen LogP contribution is -2.22. The summed E-state index contributed by atoms with van der Waals surface area (Å²) in [6.07, 6.45) is 0. The number of carboxylic acids is 1. The van der Waals surface area contributed by atoms with Crippen LogP contribution in [0.3, 0.4) is 0 Å². The van der Waals surface area contributed by atoms with Crippen molar-refractivity contribution in [2.75, 3.05) is 7.11 Å². The van der Waals surface area contributed by atoms with Gasteiger partial charge in [0.25, 0.3) is 5.91 Å². The number of benzene rings is 3. The zero-order chi connectivity index (χ0) is 19.2. The molecular weight excluding hydrogens is 342 g/mol. The smallest absolute Gasteiger partial charge is 0.335 e. The Morgan fingerprint density at radius 3 is 1.85 bits per heavy atom. The number of nitrogens with one attached hydrogen (secondary N) is 1. The minimum absolute atomic E-state index is 0.182. The van der Waals surface area contributed by atoms with E-state index < -0.39 is 5.97 Å². The average molecular weight is 361 g/mol. The highest BCUT2D eigenvalue weighted by Crippen LogP contribution is 2.22. The maximum absolute atomic E-state index is 12.3. The number of hydrogen-bond donors (Lipinski definition) is 2. The molecule has 0 heterocycles. The van der Waals surface area contributed by atoms with E-state index >= 15 is 0 Å². The molecule has 0 spiro atoms. The summed E-state index contributed by atoms with van der Waals surface area (Å²) in [5.74, 6) is -0.354. The first-order valence-corrected chi connectivity index (χ1v) is 8.42. The van der Waals surface area contributed by atoms with E-state index in [2.05, 4.69) is 5.32 Å². The molecule has 3 aromatic rings. The Kier molecular flexibility index (Phi) is 5.52. The number of hydrogen-bond acceptors (Lipinski definition) is 3. The van der Waals surface area contributed by atoms with Crippen molar-refractivity contribution >= 4 is 11.9 Å². The highest BCUT2D eigenvalue weighted by molar-refractivity contribution is 5.94. The Morgan fingerprint density at radius 2 is 1.33 bits per heavy atom. The van der Waals surface area contributed by atoms with Crippen molar-refractivity contribution in [3.05, 3.63) is 89.5 Å². The summed E-state index contributed by atoms with van der Waals surface area (Å²) >= 11 is 0. The van der Waals surface area contributed by atoms with Crippen LogP contribution in [0, 0.1) is 0 Å². The molecule has 0 saturated heterocycles. The van der Waals surface area contributed by atoms with E-state index in [0.29, 0.717) is 12.1 Å². The molecule has 2 N–H and O–H groups in total. The summed E-state index contributed by atoms with van der Waals surface area (Å²) in [4.78, 5) is 23.2. The molecule has 5 heteroatoms. The molecule has 27 heavy (non-hydrogen) atoms. The minimum atomic E-state index is -0.970. The van der Waals surface area contributed by atoms with Crippen LogP contribution in [0.5, 0.6) is 5.75 Å². The van der Waals surface area contributed by atoms with Gasteiger partial charge in [-0.3, -0.25) is 4.79 Å². The predicted octanol–water partition coefficient (Wildman–Crippen LogP) is 3.99. The zero-order valence-corrected chi connectivity index (χ0v) is 14.8. The number of ether oxygens (including phenoxy) is 1. The Morgan fingerprint density at radius 1 is 0.815 bits per heavy atom. The van der Waals surface area contributed by atoms with E-state index in [1.54, 1.807) is 31.4 Å². The second-order valence-corrected chi connectivity index (χ2v) is 5.99. The molecule has 0 atom stereocenters. The van der Waals surface area contributed by atoms with E-state index in [1.165, 1.54) is 12.1 Å². The molecule has 3 rings (SSSR count). The summed E-state index contributed by atoms with van der Waals surface area (Å²) in [6.45, 7) is 0.332. The van der Waals surface area contributed by atoms with Gasteiger partial charge in [-0.2, -0.15) is 0 Å². The maximum atomic E-state index is 12.3. The van der Waals surface area contributed by atoms with Crippen molar-refractivity contribution in [1.82, 2.24) is 5.32 Å². The van der Waals surface area contributed by atoms with Crippen LogP contribution in [0.15, 0.2) is 72.8 Å². The van der Waals surface area contributed by atoms with Crippen molar-refractivity contribution in [1.29, 1.82) is 0 Å². The quantitative estimate of drug-likeness (QED) is 0.696. The van der Waals surface area contributed by atoms with Gasteiger partial charge in [0.2, 0.25) is 0 Å². The normalized spacial score (nSPS) is 10.3. The molecule has 5 nitrogen and oxygen atoms in total. The summed E-state index contributed by atoms with van der Waals surface area (Å²) in [6, 6.07) is 21.5. The molecule has 0 aromatic heterocycles. The lowest BCUT2D eigenvalue weighted by molar-refractivity contribution is 0.0696. The van der Waals surface area contributed by atoms with Gasteiger partial charge in [-0.25, -0.2) is 4.79 Å². The third kappa shape index (κ3) is 4.52. The fourth-order valence-electron chi connectivity index (χ4n) is 2.65. The zero-order valence-electron chi connectivity index (χ0n) is 14.8. The Balaban J connectivity index is 1.62. The van der Waals surface area contributed by atoms with Crippen LogP contribution in [-0.2, 0) is 6.54 Å². The van der Waals surface area contributed by atoms with Gasteiger partial charge in [0.1, 0.15) is 5.75 Å². The van der Waals surface area contributed by atoms with Gasteiger partial charge in [-0.1, -0.05) is 36.4 Å². The van der Waals surface area contributed by atoms with Gasteiger partial charge in [0.05, 0.1) is 12.7 Å². The van der Waals surface area contributed by atoms with Crippen LogP contribution in [0.1, 0.15) is 26.3 Å². The molecule has 0 bridgehead atoms. The molecule has 1 amide bonds. The van der Waals surface area contributed by atoms with Crippen LogP contribution in [0.2, 0.25) is 0 Å². The van der Waals surface area contributed by atoms with Gasteiger partial charge in [0.15, 0.2) is 0 Å². The number of aromatic carboxylic acids is 1. The molecule has 0 saturated carbocycles. The first-order chi connectivity index (χ1) is 13.1. The molecular formula is C22H19NO4. The molecule has 0 fully saturated rings. The highest BCUT2D eigenvalue weighted by atomic mass is 16.5. The SMILES string of the molecule is COc1ccc(-c2ccc(C(=O)NCc3ccc(C(=O)O)cc3)cc2)cc1. The molecule has 0 aliphatic heterocycles. The lowest BCUT2D eigenvalue weighted by Gasteiger charge is -2.08. The van der Waals surface area contributed by atoms with Crippen molar-refractivity contribution in [2.45, 2.75) is 6.54 Å². The fraction of sp³-hybridized carbons (Fsp3) is 0.0909. The summed E-state index contributed by atoms with van der Waals surface area (Å²) in [5.41, 5.74) is 3.68. The van der Waals surface area contributed by atoms with Crippen molar-refractivity contribution in [3.8, 4) is 16.9 Å². The number of carboxylic acid groups (broad SMARTS) is 1.